The second-order valence-corrected chi connectivity index (χ2v) is 6.47. The highest BCUT2D eigenvalue weighted by atomic mass is 35.5. The summed E-state index contributed by atoms with van der Waals surface area (Å²) in [7, 11) is 0. The number of benzene rings is 2. The minimum absolute atomic E-state index is 0.0571. The maximum atomic E-state index is 11.7. The summed E-state index contributed by atoms with van der Waals surface area (Å²) in [6.07, 6.45) is 1.45. The normalized spacial score (nSPS) is 10.6. The van der Waals surface area contributed by atoms with Gasteiger partial charge in [-0.2, -0.15) is 0 Å². The molecule has 0 saturated heterocycles. The topological polar surface area (TPSA) is 41.1 Å². The number of carbonyl (C=O) groups excluding carboxylic acids is 1. The minimum atomic E-state index is 0.0571. The van der Waals surface area contributed by atoms with Gasteiger partial charge in [0.05, 0.1) is 0 Å². The highest BCUT2D eigenvalue weighted by Crippen LogP contribution is 2.15. The molecule has 0 atom stereocenters. The van der Waals surface area contributed by atoms with Crippen molar-refractivity contribution in [1.29, 1.82) is 0 Å². The summed E-state index contributed by atoms with van der Waals surface area (Å²) in [6, 6.07) is 15.7. The molecule has 0 unspecified atom stereocenters. The van der Waals surface area contributed by atoms with E-state index in [-0.39, 0.29) is 5.91 Å². The quantitative estimate of drug-likeness (QED) is 0.751. The Labute approximate surface area is 143 Å². The first kappa shape index (κ1) is 17.4. The molecule has 0 radical (unpaired) electrons. The van der Waals surface area contributed by atoms with Crippen LogP contribution in [0.4, 0.5) is 11.4 Å². The average Bonchev–Trinajstić information content (AvgIpc) is 2.48. The third kappa shape index (κ3) is 6.33. The van der Waals surface area contributed by atoms with Crippen LogP contribution in [0.5, 0.6) is 0 Å². The smallest absolute Gasteiger partial charge is 0.224 e. The molecule has 0 aliphatic heterocycles. The zero-order chi connectivity index (χ0) is 16.7. The summed E-state index contributed by atoms with van der Waals surface area (Å²) >= 11 is 5.98. The molecule has 2 rings (SSSR count). The van der Waals surface area contributed by atoms with E-state index in [9.17, 15) is 4.79 Å². The number of nitrogens with one attached hydrogen (secondary N) is 2. The molecule has 0 fully saturated rings. The standard InChI is InChI=1S/C19H23ClN2O/c1-14(2)12-19(23)22-18-8-6-17(7-9-18)21-11-10-15-4-3-5-16(20)13-15/h3-9,13-14,21H,10-12H2,1-2H3,(H,22,23). The summed E-state index contributed by atoms with van der Waals surface area (Å²) in [5.74, 6) is 0.420. The lowest BCUT2D eigenvalue weighted by atomic mass is 10.1. The summed E-state index contributed by atoms with van der Waals surface area (Å²) in [5, 5.41) is 7.04. The van der Waals surface area contributed by atoms with Gasteiger partial charge in [0.15, 0.2) is 0 Å². The Kier molecular flexibility index (Phi) is 6.48. The Morgan fingerprint density at radius 1 is 1.09 bits per heavy atom. The Balaban J connectivity index is 1.79. The lowest BCUT2D eigenvalue weighted by Crippen LogP contribution is -2.13. The molecule has 122 valence electrons. The average molecular weight is 331 g/mol. The number of rotatable bonds is 7. The fourth-order valence-electron chi connectivity index (χ4n) is 2.30. The van der Waals surface area contributed by atoms with Crippen LogP contribution in [-0.2, 0) is 11.2 Å². The van der Waals surface area contributed by atoms with Crippen LogP contribution >= 0.6 is 11.6 Å². The Hall–Kier alpha value is -2.00. The molecular weight excluding hydrogens is 308 g/mol. The van der Waals surface area contributed by atoms with Gasteiger partial charge in [-0.15, -0.1) is 0 Å². The lowest BCUT2D eigenvalue weighted by molar-refractivity contribution is -0.116. The van der Waals surface area contributed by atoms with Gasteiger partial charge < -0.3 is 10.6 Å². The molecule has 2 aromatic rings. The molecular formula is C19H23ClN2O. The number of hydrogen-bond acceptors (Lipinski definition) is 2. The van der Waals surface area contributed by atoms with Crippen molar-refractivity contribution in [3.8, 4) is 0 Å². The predicted octanol–water partition coefficient (Wildman–Crippen LogP) is 4.98. The van der Waals surface area contributed by atoms with Gasteiger partial charge in [-0.25, -0.2) is 0 Å². The first-order chi connectivity index (χ1) is 11.0. The molecule has 2 aromatic carbocycles. The van der Waals surface area contributed by atoms with Gasteiger partial charge in [0.2, 0.25) is 5.91 Å². The molecule has 0 aliphatic carbocycles. The Bertz CT molecular complexity index is 638. The fourth-order valence-corrected chi connectivity index (χ4v) is 2.51. The van der Waals surface area contributed by atoms with Crippen molar-refractivity contribution >= 4 is 28.9 Å². The fraction of sp³-hybridized carbons (Fsp3) is 0.316. The SMILES string of the molecule is CC(C)CC(=O)Nc1ccc(NCCc2cccc(Cl)c2)cc1. The highest BCUT2D eigenvalue weighted by Gasteiger charge is 2.05. The van der Waals surface area contributed by atoms with Crippen molar-refractivity contribution in [1.82, 2.24) is 0 Å². The van der Waals surface area contributed by atoms with Crippen molar-refractivity contribution in [3.63, 3.8) is 0 Å². The van der Waals surface area contributed by atoms with Crippen LogP contribution in [0.3, 0.4) is 0 Å². The van der Waals surface area contributed by atoms with Crippen molar-refractivity contribution < 1.29 is 4.79 Å². The van der Waals surface area contributed by atoms with E-state index in [0.717, 1.165) is 29.4 Å². The molecule has 0 bridgehead atoms. The number of carbonyl (C=O) groups is 1. The maximum absolute atomic E-state index is 11.7. The van der Waals surface area contributed by atoms with E-state index in [1.165, 1.54) is 5.56 Å². The third-order valence-corrected chi connectivity index (χ3v) is 3.63. The van der Waals surface area contributed by atoms with E-state index in [1.54, 1.807) is 0 Å². The highest BCUT2D eigenvalue weighted by molar-refractivity contribution is 6.30. The summed E-state index contributed by atoms with van der Waals surface area (Å²) in [6.45, 7) is 4.90. The van der Waals surface area contributed by atoms with Crippen molar-refractivity contribution in [3.05, 3.63) is 59.1 Å². The van der Waals surface area contributed by atoms with E-state index in [1.807, 2.05) is 56.3 Å². The number of hydrogen-bond donors (Lipinski definition) is 2. The van der Waals surface area contributed by atoms with Crippen molar-refractivity contribution in [2.45, 2.75) is 26.7 Å². The van der Waals surface area contributed by atoms with Crippen LogP contribution < -0.4 is 10.6 Å². The predicted molar refractivity (Wildman–Crippen MR) is 98.2 cm³/mol. The summed E-state index contributed by atoms with van der Waals surface area (Å²) < 4.78 is 0. The minimum Gasteiger partial charge on any atom is -0.385 e. The first-order valence-electron chi connectivity index (χ1n) is 7.91. The van der Waals surface area contributed by atoms with E-state index in [0.29, 0.717) is 12.3 Å². The molecule has 23 heavy (non-hydrogen) atoms. The van der Waals surface area contributed by atoms with Crippen LogP contribution in [0.1, 0.15) is 25.8 Å². The molecule has 1 amide bonds. The van der Waals surface area contributed by atoms with Gasteiger partial charge in [0.25, 0.3) is 0 Å². The van der Waals surface area contributed by atoms with Crippen LogP contribution in [0.2, 0.25) is 5.02 Å². The molecule has 0 aliphatic rings. The molecule has 4 heteroatoms. The largest absolute Gasteiger partial charge is 0.385 e. The van der Waals surface area contributed by atoms with Crippen molar-refractivity contribution in [2.75, 3.05) is 17.2 Å². The zero-order valence-corrected chi connectivity index (χ0v) is 14.4. The van der Waals surface area contributed by atoms with Gasteiger partial charge in [0.1, 0.15) is 0 Å². The molecule has 0 aromatic heterocycles. The monoisotopic (exact) mass is 330 g/mol. The second kappa shape index (κ2) is 8.59. The number of anilines is 2. The van der Waals surface area contributed by atoms with Gasteiger partial charge in [-0.3, -0.25) is 4.79 Å². The Morgan fingerprint density at radius 3 is 2.43 bits per heavy atom. The number of halogens is 1. The first-order valence-corrected chi connectivity index (χ1v) is 8.29. The molecule has 3 nitrogen and oxygen atoms in total. The molecule has 2 N–H and O–H groups in total. The third-order valence-electron chi connectivity index (χ3n) is 3.39. The van der Waals surface area contributed by atoms with E-state index in [2.05, 4.69) is 16.7 Å². The molecule has 0 heterocycles. The van der Waals surface area contributed by atoms with Crippen LogP contribution in [0, 0.1) is 5.92 Å². The zero-order valence-electron chi connectivity index (χ0n) is 13.6. The van der Waals surface area contributed by atoms with E-state index in [4.69, 9.17) is 11.6 Å². The van der Waals surface area contributed by atoms with Crippen LogP contribution in [0.15, 0.2) is 48.5 Å². The Morgan fingerprint density at radius 2 is 1.78 bits per heavy atom. The van der Waals surface area contributed by atoms with Crippen LogP contribution in [-0.4, -0.2) is 12.5 Å². The van der Waals surface area contributed by atoms with Gasteiger partial charge >= 0.3 is 0 Å². The second-order valence-electron chi connectivity index (χ2n) is 6.03. The molecule has 0 saturated carbocycles. The van der Waals surface area contributed by atoms with Gasteiger partial charge in [-0.1, -0.05) is 37.6 Å². The van der Waals surface area contributed by atoms with Gasteiger partial charge in [-0.05, 0) is 54.3 Å². The van der Waals surface area contributed by atoms with Crippen molar-refractivity contribution in [2.24, 2.45) is 5.92 Å². The maximum Gasteiger partial charge on any atom is 0.224 e. The van der Waals surface area contributed by atoms with Crippen LogP contribution in [0.25, 0.3) is 0 Å². The summed E-state index contributed by atoms with van der Waals surface area (Å²) in [5.41, 5.74) is 3.08. The molecule has 0 spiro atoms. The van der Waals surface area contributed by atoms with Gasteiger partial charge in [0, 0.05) is 29.4 Å². The van der Waals surface area contributed by atoms with E-state index < -0.39 is 0 Å². The van der Waals surface area contributed by atoms with E-state index >= 15 is 0 Å². The summed E-state index contributed by atoms with van der Waals surface area (Å²) in [4.78, 5) is 11.7. The lowest BCUT2D eigenvalue weighted by Gasteiger charge is -2.10. The number of amides is 1.